The summed E-state index contributed by atoms with van der Waals surface area (Å²) in [7, 11) is 1.60. The lowest BCUT2D eigenvalue weighted by Gasteiger charge is -2.03. The van der Waals surface area contributed by atoms with Crippen molar-refractivity contribution in [1.29, 1.82) is 0 Å². The van der Waals surface area contributed by atoms with E-state index in [9.17, 15) is 4.79 Å². The normalized spacial score (nSPS) is 10.8. The van der Waals surface area contributed by atoms with Gasteiger partial charge in [-0.25, -0.2) is 4.99 Å². The van der Waals surface area contributed by atoms with Gasteiger partial charge >= 0.3 is 0 Å². The van der Waals surface area contributed by atoms with Gasteiger partial charge in [0.25, 0.3) is 5.91 Å². The third-order valence-electron chi connectivity index (χ3n) is 3.38. The van der Waals surface area contributed by atoms with E-state index in [-0.39, 0.29) is 11.4 Å². The first kappa shape index (κ1) is 16.2. The Morgan fingerprint density at radius 2 is 2.12 bits per heavy atom. The highest BCUT2D eigenvalue weighted by molar-refractivity contribution is 6.03. The summed E-state index contributed by atoms with van der Waals surface area (Å²) in [5.41, 5.74) is 7.17. The van der Waals surface area contributed by atoms with Crippen LogP contribution in [-0.2, 0) is 0 Å². The van der Waals surface area contributed by atoms with Crippen molar-refractivity contribution in [3.63, 3.8) is 0 Å². The molecule has 2 aromatic heterocycles. The number of carbonyl (C=O) groups excluding carboxylic acids is 1. The Morgan fingerprint density at radius 1 is 1.32 bits per heavy atom. The fourth-order valence-electron chi connectivity index (χ4n) is 2.15. The molecule has 0 fully saturated rings. The summed E-state index contributed by atoms with van der Waals surface area (Å²) in [6, 6.07) is 10.9. The Kier molecular flexibility index (Phi) is 4.70. The van der Waals surface area contributed by atoms with Crippen molar-refractivity contribution in [3.8, 4) is 5.75 Å². The number of aromatic amines is 1. The number of aliphatic imine (C=N–C) groups is 1. The number of pyridine rings is 1. The number of aromatic nitrogens is 3. The number of hydrogen-bond donors (Lipinski definition) is 3. The van der Waals surface area contributed by atoms with Gasteiger partial charge in [0, 0.05) is 12.4 Å². The molecule has 0 unspecified atom stereocenters. The Labute approximate surface area is 143 Å². The van der Waals surface area contributed by atoms with Gasteiger partial charge < -0.3 is 15.8 Å². The van der Waals surface area contributed by atoms with Crippen LogP contribution in [0.3, 0.4) is 0 Å². The van der Waals surface area contributed by atoms with E-state index in [2.05, 4.69) is 25.5 Å². The van der Waals surface area contributed by atoms with E-state index in [0.29, 0.717) is 11.5 Å². The molecule has 0 aliphatic carbocycles. The van der Waals surface area contributed by atoms with E-state index in [1.54, 1.807) is 37.9 Å². The zero-order valence-corrected chi connectivity index (χ0v) is 13.4. The molecule has 0 bridgehead atoms. The van der Waals surface area contributed by atoms with Gasteiger partial charge in [0.1, 0.15) is 11.3 Å². The number of ether oxygens (including phenoxy) is 1. The van der Waals surface area contributed by atoms with Crippen LogP contribution in [0.25, 0.3) is 0 Å². The van der Waals surface area contributed by atoms with E-state index in [1.807, 2.05) is 24.3 Å². The average Bonchev–Trinajstić information content (AvgIpc) is 3.04. The van der Waals surface area contributed by atoms with Crippen molar-refractivity contribution in [2.75, 3.05) is 12.4 Å². The smallest absolute Gasteiger partial charge is 0.256 e. The van der Waals surface area contributed by atoms with Crippen molar-refractivity contribution in [3.05, 3.63) is 59.9 Å². The van der Waals surface area contributed by atoms with Crippen molar-refractivity contribution in [2.45, 2.75) is 0 Å². The third kappa shape index (κ3) is 3.81. The lowest BCUT2D eigenvalue weighted by atomic mass is 10.2. The SMILES string of the molecule is COc1ccc(/C=N/c2[nH]nc(Nc3cccnc3)c2C(N)=O)cc1. The Morgan fingerprint density at radius 3 is 2.76 bits per heavy atom. The van der Waals surface area contributed by atoms with Gasteiger partial charge in [0.05, 0.1) is 19.0 Å². The van der Waals surface area contributed by atoms with Gasteiger partial charge in [0.2, 0.25) is 0 Å². The van der Waals surface area contributed by atoms with E-state index in [0.717, 1.165) is 11.3 Å². The number of amides is 1. The number of rotatable bonds is 6. The highest BCUT2D eigenvalue weighted by Crippen LogP contribution is 2.25. The number of primary amides is 1. The van der Waals surface area contributed by atoms with Crippen molar-refractivity contribution < 1.29 is 9.53 Å². The minimum absolute atomic E-state index is 0.175. The topological polar surface area (TPSA) is 118 Å². The van der Waals surface area contributed by atoms with E-state index < -0.39 is 5.91 Å². The molecule has 0 atom stereocenters. The number of nitrogens with zero attached hydrogens (tertiary/aromatic N) is 3. The molecule has 0 aliphatic heterocycles. The van der Waals surface area contributed by atoms with Gasteiger partial charge in [-0.1, -0.05) is 0 Å². The van der Waals surface area contributed by atoms with Gasteiger partial charge in [-0.15, -0.1) is 0 Å². The molecule has 0 saturated heterocycles. The molecular formula is C17H16N6O2. The Bertz CT molecular complexity index is 887. The molecule has 0 spiro atoms. The second kappa shape index (κ2) is 7.26. The number of hydrogen-bond acceptors (Lipinski definition) is 6. The largest absolute Gasteiger partial charge is 0.497 e. The van der Waals surface area contributed by atoms with Crippen molar-refractivity contribution >= 4 is 29.4 Å². The van der Waals surface area contributed by atoms with Gasteiger partial charge in [-0.05, 0) is 42.0 Å². The molecule has 4 N–H and O–H groups in total. The summed E-state index contributed by atoms with van der Waals surface area (Å²) in [5, 5.41) is 9.78. The van der Waals surface area contributed by atoms with Crippen LogP contribution < -0.4 is 15.8 Å². The zero-order valence-electron chi connectivity index (χ0n) is 13.4. The maximum absolute atomic E-state index is 11.8. The summed E-state index contributed by atoms with van der Waals surface area (Å²) >= 11 is 0. The number of anilines is 2. The van der Waals surface area contributed by atoms with Crippen molar-refractivity contribution in [2.24, 2.45) is 10.7 Å². The van der Waals surface area contributed by atoms with E-state index in [4.69, 9.17) is 10.5 Å². The van der Waals surface area contributed by atoms with Crippen molar-refractivity contribution in [1.82, 2.24) is 15.2 Å². The minimum atomic E-state index is -0.637. The summed E-state index contributed by atoms with van der Waals surface area (Å²) in [6.07, 6.45) is 4.86. The first-order chi connectivity index (χ1) is 12.2. The van der Waals surface area contributed by atoms with Gasteiger partial charge in [0.15, 0.2) is 11.6 Å². The number of methoxy groups -OCH3 is 1. The van der Waals surface area contributed by atoms with Crippen LogP contribution in [0.4, 0.5) is 17.3 Å². The Hall–Kier alpha value is -3.68. The van der Waals surface area contributed by atoms with Crippen LogP contribution in [0.1, 0.15) is 15.9 Å². The number of nitrogens with two attached hydrogens (primary N) is 1. The molecule has 3 rings (SSSR count). The summed E-state index contributed by atoms with van der Waals surface area (Å²) < 4.78 is 5.11. The van der Waals surface area contributed by atoms with Gasteiger partial charge in [-0.3, -0.25) is 14.9 Å². The molecule has 0 saturated carbocycles. The zero-order chi connectivity index (χ0) is 17.6. The number of benzene rings is 1. The maximum atomic E-state index is 11.8. The maximum Gasteiger partial charge on any atom is 0.256 e. The molecular weight excluding hydrogens is 320 g/mol. The van der Waals surface area contributed by atoms with Crippen LogP contribution in [0.15, 0.2) is 53.8 Å². The highest BCUT2D eigenvalue weighted by atomic mass is 16.5. The summed E-state index contributed by atoms with van der Waals surface area (Å²) in [4.78, 5) is 20.1. The minimum Gasteiger partial charge on any atom is -0.497 e. The first-order valence-electron chi connectivity index (χ1n) is 7.40. The quantitative estimate of drug-likeness (QED) is 0.597. The molecule has 1 aromatic carbocycles. The average molecular weight is 336 g/mol. The van der Waals surface area contributed by atoms with E-state index >= 15 is 0 Å². The predicted molar refractivity (Wildman–Crippen MR) is 94.9 cm³/mol. The standard InChI is InChI=1S/C17H16N6O2/c1-25-13-6-4-11(5-7-13)9-20-16-14(15(18)24)17(23-22-16)21-12-3-2-8-19-10-12/h2-10H,1H3,(H2,18,24)(H2,21,22,23)/b20-9+. The molecule has 0 radical (unpaired) electrons. The Balaban J connectivity index is 1.86. The predicted octanol–water partition coefficient (Wildman–Crippen LogP) is 2.41. The fraction of sp³-hybridized carbons (Fsp3) is 0.0588. The van der Waals surface area contributed by atoms with Crippen LogP contribution in [-0.4, -0.2) is 34.4 Å². The number of nitrogens with one attached hydrogen (secondary N) is 2. The van der Waals surface area contributed by atoms with Crippen LogP contribution in [0.2, 0.25) is 0 Å². The molecule has 0 aliphatic rings. The number of H-pyrrole nitrogens is 1. The molecule has 8 heteroatoms. The molecule has 126 valence electrons. The molecule has 8 nitrogen and oxygen atoms in total. The third-order valence-corrected chi connectivity index (χ3v) is 3.38. The monoisotopic (exact) mass is 336 g/mol. The first-order valence-corrected chi connectivity index (χ1v) is 7.40. The van der Waals surface area contributed by atoms with Crippen LogP contribution >= 0.6 is 0 Å². The lowest BCUT2D eigenvalue weighted by molar-refractivity contribution is 0.100. The second-order valence-corrected chi connectivity index (χ2v) is 5.06. The molecule has 25 heavy (non-hydrogen) atoms. The lowest BCUT2D eigenvalue weighted by Crippen LogP contribution is -2.12. The fourth-order valence-corrected chi connectivity index (χ4v) is 2.15. The van der Waals surface area contributed by atoms with Crippen LogP contribution in [0, 0.1) is 0 Å². The summed E-state index contributed by atoms with van der Waals surface area (Å²) in [5.74, 6) is 0.679. The second-order valence-electron chi connectivity index (χ2n) is 5.06. The van der Waals surface area contributed by atoms with Crippen LogP contribution in [0.5, 0.6) is 5.75 Å². The summed E-state index contributed by atoms with van der Waals surface area (Å²) in [6.45, 7) is 0. The van der Waals surface area contributed by atoms with Gasteiger partial charge in [-0.2, -0.15) is 5.10 Å². The number of carbonyl (C=O) groups is 1. The molecule has 1 amide bonds. The molecule has 3 aromatic rings. The molecule has 2 heterocycles. The highest BCUT2D eigenvalue weighted by Gasteiger charge is 2.18. The van der Waals surface area contributed by atoms with E-state index in [1.165, 1.54) is 0 Å².